The van der Waals surface area contributed by atoms with E-state index in [0.717, 1.165) is 19.4 Å². The topological polar surface area (TPSA) is 12.5 Å². The van der Waals surface area contributed by atoms with Gasteiger partial charge in [0.25, 0.3) is 0 Å². The van der Waals surface area contributed by atoms with E-state index in [4.69, 9.17) is 4.74 Å². The predicted octanol–water partition coefficient (Wildman–Crippen LogP) is 2.11. The summed E-state index contributed by atoms with van der Waals surface area (Å²) in [6, 6.07) is 0. The molecule has 0 aliphatic carbocycles. The highest BCUT2D eigenvalue weighted by molar-refractivity contribution is 5.21. The van der Waals surface area contributed by atoms with Crippen molar-refractivity contribution in [3.8, 4) is 0 Å². The van der Waals surface area contributed by atoms with Gasteiger partial charge in [-0.1, -0.05) is 0 Å². The van der Waals surface area contributed by atoms with Crippen molar-refractivity contribution in [3.05, 3.63) is 11.9 Å². The van der Waals surface area contributed by atoms with Crippen LogP contribution in [-0.2, 0) is 4.74 Å². The third kappa shape index (κ3) is 1.71. The Morgan fingerprint density at radius 2 is 2.43 bits per heavy atom. The molecule has 2 nitrogen and oxygen atoms in total. The monoisotopic (exact) mass is 199 g/mol. The Balaban J connectivity index is 2.04. The maximum absolute atomic E-state index is 13.2. The van der Waals surface area contributed by atoms with E-state index in [9.17, 15) is 4.39 Å². The summed E-state index contributed by atoms with van der Waals surface area (Å²) in [7, 11) is 0. The van der Waals surface area contributed by atoms with Crippen molar-refractivity contribution in [2.45, 2.75) is 38.3 Å². The van der Waals surface area contributed by atoms with Crippen LogP contribution in [0, 0.1) is 0 Å². The van der Waals surface area contributed by atoms with Crippen LogP contribution in [0.3, 0.4) is 0 Å². The Morgan fingerprint density at radius 3 is 3.14 bits per heavy atom. The number of fused-ring (bicyclic) bond motifs is 1. The highest BCUT2D eigenvalue weighted by atomic mass is 19.1. The molecule has 80 valence electrons. The van der Waals surface area contributed by atoms with Crippen molar-refractivity contribution in [1.82, 2.24) is 4.90 Å². The van der Waals surface area contributed by atoms with Gasteiger partial charge in [-0.3, -0.25) is 4.90 Å². The third-order valence-corrected chi connectivity index (χ3v) is 3.10. The molecule has 0 radical (unpaired) electrons. The molecule has 14 heavy (non-hydrogen) atoms. The lowest BCUT2D eigenvalue weighted by molar-refractivity contribution is 0.0164. The van der Waals surface area contributed by atoms with E-state index in [0.29, 0.717) is 13.2 Å². The van der Waals surface area contributed by atoms with Gasteiger partial charge in [-0.05, 0) is 39.3 Å². The zero-order valence-corrected chi connectivity index (χ0v) is 8.92. The maximum atomic E-state index is 13.2. The van der Waals surface area contributed by atoms with Crippen LogP contribution < -0.4 is 0 Å². The first-order valence-corrected chi connectivity index (χ1v) is 5.36. The third-order valence-electron chi connectivity index (χ3n) is 3.10. The molecule has 2 aliphatic heterocycles. The van der Waals surface area contributed by atoms with E-state index in [1.54, 1.807) is 6.08 Å². The van der Waals surface area contributed by atoms with Gasteiger partial charge in [0.05, 0.1) is 24.8 Å². The van der Waals surface area contributed by atoms with Crippen LogP contribution in [0.4, 0.5) is 4.39 Å². The largest absolute Gasteiger partial charge is 0.377 e. The summed E-state index contributed by atoms with van der Waals surface area (Å²) >= 11 is 0. The normalized spacial score (nSPS) is 32.4. The van der Waals surface area contributed by atoms with Gasteiger partial charge in [-0.2, -0.15) is 0 Å². The van der Waals surface area contributed by atoms with E-state index in [1.165, 1.54) is 0 Å². The van der Waals surface area contributed by atoms with Crippen molar-refractivity contribution in [2.75, 3.05) is 19.7 Å². The average Bonchev–Trinajstić information content (AvgIpc) is 2.56. The second-order valence-electron chi connectivity index (χ2n) is 4.58. The highest BCUT2D eigenvalue weighted by Crippen LogP contribution is 2.37. The number of hydrogen-bond acceptors (Lipinski definition) is 2. The van der Waals surface area contributed by atoms with Crippen LogP contribution in [0.1, 0.15) is 26.7 Å². The van der Waals surface area contributed by atoms with E-state index < -0.39 is 0 Å². The van der Waals surface area contributed by atoms with Gasteiger partial charge in [-0.25, -0.2) is 4.39 Å². The van der Waals surface area contributed by atoms with Crippen molar-refractivity contribution in [3.63, 3.8) is 0 Å². The van der Waals surface area contributed by atoms with Crippen molar-refractivity contribution in [1.29, 1.82) is 0 Å². The number of rotatable bonds is 3. The summed E-state index contributed by atoms with van der Waals surface area (Å²) in [6.07, 6.45) is 4.18. The average molecular weight is 199 g/mol. The molecule has 0 saturated carbocycles. The summed E-state index contributed by atoms with van der Waals surface area (Å²) in [5.41, 5.74) is -0.117. The number of hydrogen-bond donors (Lipinski definition) is 0. The molecule has 1 unspecified atom stereocenters. The summed E-state index contributed by atoms with van der Waals surface area (Å²) in [5, 5.41) is 0. The standard InChI is InChI=1S/C11H18FNO/c1-9(2)14-8-11-4-3-5-13(11)7-10(12)6-11/h6,9H,3-5,7-8H2,1-2H3. The molecule has 2 rings (SSSR count). The zero-order chi connectivity index (χ0) is 10.2. The van der Waals surface area contributed by atoms with Gasteiger partial charge in [0.15, 0.2) is 0 Å². The summed E-state index contributed by atoms with van der Waals surface area (Å²) in [4.78, 5) is 2.20. The van der Waals surface area contributed by atoms with Crippen LogP contribution in [0.5, 0.6) is 0 Å². The van der Waals surface area contributed by atoms with Crippen LogP contribution in [-0.4, -0.2) is 36.2 Å². The molecule has 0 amide bonds. The van der Waals surface area contributed by atoms with Gasteiger partial charge in [0, 0.05) is 0 Å². The molecule has 1 atom stereocenters. The number of halogens is 1. The van der Waals surface area contributed by atoms with Crippen LogP contribution in [0.25, 0.3) is 0 Å². The molecule has 0 N–H and O–H groups in total. The first kappa shape index (κ1) is 10.1. The van der Waals surface area contributed by atoms with Crippen LogP contribution in [0.15, 0.2) is 11.9 Å². The van der Waals surface area contributed by atoms with Gasteiger partial charge in [0.1, 0.15) is 5.83 Å². The summed E-state index contributed by atoms with van der Waals surface area (Å²) in [5.74, 6) is 0.0112. The van der Waals surface area contributed by atoms with E-state index in [2.05, 4.69) is 4.90 Å². The fraction of sp³-hybridized carbons (Fsp3) is 0.818. The molecular formula is C11H18FNO. The Kier molecular flexibility index (Phi) is 2.62. The first-order valence-electron chi connectivity index (χ1n) is 5.36. The lowest BCUT2D eigenvalue weighted by Gasteiger charge is -2.31. The quantitative estimate of drug-likeness (QED) is 0.690. The zero-order valence-electron chi connectivity index (χ0n) is 8.92. The molecule has 0 aromatic rings. The number of ether oxygens (including phenoxy) is 1. The van der Waals surface area contributed by atoms with Crippen LogP contribution >= 0.6 is 0 Å². The van der Waals surface area contributed by atoms with Gasteiger partial charge in [-0.15, -0.1) is 0 Å². The minimum atomic E-state index is -0.117. The van der Waals surface area contributed by atoms with Crippen molar-refractivity contribution in [2.24, 2.45) is 0 Å². The fourth-order valence-electron chi connectivity index (χ4n) is 2.39. The summed E-state index contributed by atoms with van der Waals surface area (Å²) in [6.45, 7) is 6.17. The first-order chi connectivity index (χ1) is 6.62. The molecule has 0 aromatic heterocycles. The minimum absolute atomic E-state index is 0.0112. The lowest BCUT2D eigenvalue weighted by atomic mass is 9.99. The molecule has 0 bridgehead atoms. The molecular weight excluding hydrogens is 181 g/mol. The van der Waals surface area contributed by atoms with Gasteiger partial charge >= 0.3 is 0 Å². The van der Waals surface area contributed by atoms with Crippen molar-refractivity contribution >= 4 is 0 Å². The van der Waals surface area contributed by atoms with Gasteiger partial charge < -0.3 is 4.74 Å². The fourth-order valence-corrected chi connectivity index (χ4v) is 2.39. The Hall–Kier alpha value is -0.410. The molecule has 3 heteroatoms. The summed E-state index contributed by atoms with van der Waals surface area (Å²) < 4.78 is 18.8. The Labute approximate surface area is 84.7 Å². The second kappa shape index (κ2) is 3.63. The predicted molar refractivity (Wildman–Crippen MR) is 53.8 cm³/mol. The molecule has 0 spiro atoms. The highest BCUT2D eigenvalue weighted by Gasteiger charge is 2.44. The molecule has 2 heterocycles. The Morgan fingerprint density at radius 1 is 1.64 bits per heavy atom. The SMILES string of the molecule is CC(C)OCC12C=C(F)CN1CCC2. The van der Waals surface area contributed by atoms with E-state index in [-0.39, 0.29) is 17.5 Å². The van der Waals surface area contributed by atoms with Gasteiger partial charge in [0.2, 0.25) is 0 Å². The molecule has 1 saturated heterocycles. The molecule has 1 fully saturated rings. The minimum Gasteiger partial charge on any atom is -0.377 e. The van der Waals surface area contributed by atoms with E-state index >= 15 is 0 Å². The lowest BCUT2D eigenvalue weighted by Crippen LogP contribution is -2.43. The Bertz CT molecular complexity index is 252. The number of nitrogens with zero attached hydrogens (tertiary/aromatic N) is 1. The van der Waals surface area contributed by atoms with Crippen molar-refractivity contribution < 1.29 is 9.13 Å². The molecule has 0 aromatic carbocycles. The second-order valence-corrected chi connectivity index (χ2v) is 4.58. The van der Waals surface area contributed by atoms with E-state index in [1.807, 2.05) is 13.8 Å². The maximum Gasteiger partial charge on any atom is 0.112 e. The smallest absolute Gasteiger partial charge is 0.112 e. The van der Waals surface area contributed by atoms with Crippen LogP contribution in [0.2, 0.25) is 0 Å². The molecule has 2 aliphatic rings.